The molecule has 3 atom stereocenters. The molecule has 72 valence electrons. The molecule has 0 saturated heterocycles. The summed E-state index contributed by atoms with van der Waals surface area (Å²) in [6.45, 7) is 4.50. The van der Waals surface area contributed by atoms with Gasteiger partial charge in [0, 0.05) is 10.8 Å². The molecule has 0 aliphatic heterocycles. The van der Waals surface area contributed by atoms with Gasteiger partial charge < -0.3 is 0 Å². The van der Waals surface area contributed by atoms with Crippen molar-refractivity contribution in [1.82, 2.24) is 0 Å². The SMILES string of the molecule is CC(C)CC1CC(Cl)CCC1Cl. The van der Waals surface area contributed by atoms with Gasteiger partial charge in [-0.05, 0) is 37.5 Å². The van der Waals surface area contributed by atoms with E-state index in [1.54, 1.807) is 0 Å². The summed E-state index contributed by atoms with van der Waals surface area (Å²) in [6.07, 6.45) is 4.56. The maximum absolute atomic E-state index is 6.23. The Kier molecular flexibility index (Phi) is 4.19. The fourth-order valence-corrected chi connectivity index (χ4v) is 2.71. The molecule has 1 saturated carbocycles. The first-order chi connectivity index (χ1) is 5.59. The van der Waals surface area contributed by atoms with E-state index in [-0.39, 0.29) is 0 Å². The van der Waals surface area contributed by atoms with E-state index in [1.807, 2.05) is 0 Å². The Bertz CT molecular complexity index is 132. The zero-order valence-electron chi connectivity index (χ0n) is 7.89. The monoisotopic (exact) mass is 208 g/mol. The van der Waals surface area contributed by atoms with Gasteiger partial charge in [-0.1, -0.05) is 13.8 Å². The van der Waals surface area contributed by atoms with Crippen molar-refractivity contribution in [2.45, 2.75) is 50.3 Å². The van der Waals surface area contributed by atoms with E-state index in [0.29, 0.717) is 16.7 Å². The van der Waals surface area contributed by atoms with E-state index in [9.17, 15) is 0 Å². The van der Waals surface area contributed by atoms with Crippen molar-refractivity contribution in [1.29, 1.82) is 0 Å². The second-order valence-electron chi connectivity index (χ2n) is 4.32. The summed E-state index contributed by atoms with van der Waals surface area (Å²) in [5, 5.41) is 0.756. The van der Waals surface area contributed by atoms with E-state index in [4.69, 9.17) is 23.2 Å². The van der Waals surface area contributed by atoms with Crippen molar-refractivity contribution in [3.8, 4) is 0 Å². The molecule has 0 aromatic carbocycles. The van der Waals surface area contributed by atoms with Crippen LogP contribution in [0.25, 0.3) is 0 Å². The van der Waals surface area contributed by atoms with Gasteiger partial charge in [-0.3, -0.25) is 0 Å². The minimum absolute atomic E-state index is 0.377. The van der Waals surface area contributed by atoms with Gasteiger partial charge >= 0.3 is 0 Å². The Morgan fingerprint density at radius 3 is 2.50 bits per heavy atom. The van der Waals surface area contributed by atoms with Crippen LogP contribution in [0.15, 0.2) is 0 Å². The molecule has 3 unspecified atom stereocenters. The molecule has 1 rings (SSSR count). The highest BCUT2D eigenvalue weighted by Crippen LogP contribution is 2.35. The molecule has 0 aromatic heterocycles. The average Bonchev–Trinajstić information content (AvgIpc) is 1.96. The first-order valence-corrected chi connectivity index (χ1v) is 5.75. The third kappa shape index (κ3) is 3.14. The number of halogens is 2. The van der Waals surface area contributed by atoms with E-state index >= 15 is 0 Å². The predicted molar refractivity (Wildman–Crippen MR) is 56.1 cm³/mol. The molecule has 0 N–H and O–H groups in total. The Morgan fingerprint density at radius 2 is 1.92 bits per heavy atom. The van der Waals surface area contributed by atoms with Gasteiger partial charge in [0.1, 0.15) is 0 Å². The lowest BCUT2D eigenvalue weighted by Gasteiger charge is -2.31. The summed E-state index contributed by atoms with van der Waals surface area (Å²) in [5.74, 6) is 1.40. The molecule has 0 aromatic rings. The molecule has 0 bridgehead atoms. The molecule has 1 aliphatic carbocycles. The third-order valence-electron chi connectivity index (χ3n) is 2.60. The van der Waals surface area contributed by atoms with E-state index in [2.05, 4.69) is 13.8 Å². The molecule has 1 aliphatic rings. The third-order valence-corrected chi connectivity index (χ3v) is 3.57. The van der Waals surface area contributed by atoms with Crippen LogP contribution >= 0.6 is 23.2 Å². The van der Waals surface area contributed by atoms with Crippen LogP contribution in [0.3, 0.4) is 0 Å². The Hall–Kier alpha value is 0.580. The van der Waals surface area contributed by atoms with Crippen LogP contribution in [-0.4, -0.2) is 10.8 Å². The summed E-state index contributed by atoms with van der Waals surface area (Å²) >= 11 is 12.3. The fourth-order valence-electron chi connectivity index (χ4n) is 2.02. The van der Waals surface area contributed by atoms with Crippen molar-refractivity contribution in [2.75, 3.05) is 0 Å². The van der Waals surface area contributed by atoms with E-state index < -0.39 is 0 Å². The minimum Gasteiger partial charge on any atom is -0.123 e. The molecule has 0 amide bonds. The normalized spacial score (nSPS) is 37.2. The first-order valence-electron chi connectivity index (χ1n) is 4.87. The highest BCUT2D eigenvalue weighted by atomic mass is 35.5. The Balaban J connectivity index is 2.38. The van der Waals surface area contributed by atoms with Crippen LogP contribution in [0.2, 0.25) is 0 Å². The second kappa shape index (κ2) is 4.72. The van der Waals surface area contributed by atoms with Crippen LogP contribution in [0, 0.1) is 11.8 Å². The van der Waals surface area contributed by atoms with Crippen LogP contribution in [0.5, 0.6) is 0 Å². The summed E-state index contributed by atoms with van der Waals surface area (Å²) in [5.41, 5.74) is 0. The molecule has 2 heteroatoms. The maximum atomic E-state index is 6.23. The molecule has 0 spiro atoms. The molecular formula is C10H18Cl2. The van der Waals surface area contributed by atoms with Gasteiger partial charge in [-0.15, -0.1) is 23.2 Å². The van der Waals surface area contributed by atoms with Crippen molar-refractivity contribution in [3.63, 3.8) is 0 Å². The highest BCUT2D eigenvalue weighted by molar-refractivity contribution is 6.22. The predicted octanol–water partition coefficient (Wildman–Crippen LogP) is 4.05. The van der Waals surface area contributed by atoms with Gasteiger partial charge in [-0.25, -0.2) is 0 Å². The lowest BCUT2D eigenvalue weighted by molar-refractivity contribution is 0.315. The van der Waals surface area contributed by atoms with Crippen LogP contribution in [-0.2, 0) is 0 Å². The highest BCUT2D eigenvalue weighted by Gasteiger charge is 2.28. The number of hydrogen-bond donors (Lipinski definition) is 0. The quantitative estimate of drug-likeness (QED) is 0.602. The molecule has 0 radical (unpaired) electrons. The lowest BCUT2D eigenvalue weighted by atomic mass is 9.83. The Morgan fingerprint density at radius 1 is 1.25 bits per heavy atom. The largest absolute Gasteiger partial charge is 0.123 e. The lowest BCUT2D eigenvalue weighted by Crippen LogP contribution is -2.26. The fraction of sp³-hybridized carbons (Fsp3) is 1.00. The van der Waals surface area contributed by atoms with Gasteiger partial charge in [0.2, 0.25) is 0 Å². The van der Waals surface area contributed by atoms with Crippen molar-refractivity contribution >= 4 is 23.2 Å². The number of hydrogen-bond acceptors (Lipinski definition) is 0. The van der Waals surface area contributed by atoms with Crippen molar-refractivity contribution < 1.29 is 0 Å². The summed E-state index contributed by atoms with van der Waals surface area (Å²) in [7, 11) is 0. The summed E-state index contributed by atoms with van der Waals surface area (Å²) < 4.78 is 0. The zero-order chi connectivity index (χ0) is 9.14. The van der Waals surface area contributed by atoms with Gasteiger partial charge in [0.05, 0.1) is 0 Å². The van der Waals surface area contributed by atoms with Crippen LogP contribution < -0.4 is 0 Å². The topological polar surface area (TPSA) is 0 Å². The van der Waals surface area contributed by atoms with Gasteiger partial charge in [0.25, 0.3) is 0 Å². The minimum atomic E-state index is 0.377. The van der Waals surface area contributed by atoms with Crippen LogP contribution in [0.1, 0.15) is 39.5 Å². The van der Waals surface area contributed by atoms with Crippen LogP contribution in [0.4, 0.5) is 0 Å². The van der Waals surface area contributed by atoms with E-state index in [1.165, 1.54) is 6.42 Å². The first kappa shape index (κ1) is 10.7. The van der Waals surface area contributed by atoms with Gasteiger partial charge in [-0.2, -0.15) is 0 Å². The average molecular weight is 209 g/mol. The molecular weight excluding hydrogens is 191 g/mol. The van der Waals surface area contributed by atoms with Gasteiger partial charge in [0.15, 0.2) is 0 Å². The summed E-state index contributed by atoms with van der Waals surface area (Å²) in [6, 6.07) is 0. The summed E-state index contributed by atoms with van der Waals surface area (Å²) in [4.78, 5) is 0. The molecule has 0 heterocycles. The maximum Gasteiger partial charge on any atom is 0.0365 e. The van der Waals surface area contributed by atoms with Crippen molar-refractivity contribution in [2.24, 2.45) is 11.8 Å². The Labute approximate surface area is 85.6 Å². The number of alkyl halides is 2. The molecule has 12 heavy (non-hydrogen) atoms. The molecule has 0 nitrogen and oxygen atoms in total. The van der Waals surface area contributed by atoms with Crippen molar-refractivity contribution in [3.05, 3.63) is 0 Å². The second-order valence-corrected chi connectivity index (χ2v) is 5.49. The standard InChI is InChI=1S/C10H18Cl2/c1-7(2)5-8-6-9(11)3-4-10(8)12/h7-10H,3-6H2,1-2H3. The van der Waals surface area contributed by atoms with E-state index in [0.717, 1.165) is 25.2 Å². The number of rotatable bonds is 2. The smallest absolute Gasteiger partial charge is 0.0365 e. The molecule has 1 fully saturated rings. The zero-order valence-corrected chi connectivity index (χ0v) is 9.41.